The number of fused-ring (bicyclic) bond motifs is 5. The second kappa shape index (κ2) is 13.2. The Morgan fingerprint density at radius 3 is 2.51 bits per heavy atom. The highest BCUT2D eigenvalue weighted by Crippen LogP contribution is 2.67. The molecule has 0 spiro atoms. The van der Waals surface area contributed by atoms with E-state index >= 15 is 0 Å². The van der Waals surface area contributed by atoms with E-state index in [1.807, 2.05) is 6.26 Å². The van der Waals surface area contributed by atoms with Gasteiger partial charge >= 0.3 is 5.97 Å². The Morgan fingerprint density at radius 2 is 1.86 bits per heavy atom. The molecule has 10 heteroatoms. The number of hydrogen-bond donors (Lipinski definition) is 4. The number of carbonyl (C=O) groups excluding carboxylic acids is 2. The fourth-order valence-electron chi connectivity index (χ4n) is 8.57. The number of nitrogens with one attached hydrogen (secondary N) is 2. The first-order valence-electron chi connectivity index (χ1n) is 15.7. The summed E-state index contributed by atoms with van der Waals surface area (Å²) in [5, 5.41) is 30.2. The smallest absolute Gasteiger partial charge is 0.326 e. The number of aliphatic hydroxyl groups is 1. The van der Waals surface area contributed by atoms with Crippen molar-refractivity contribution in [2.75, 3.05) is 18.6 Å². The summed E-state index contributed by atoms with van der Waals surface area (Å²) in [4.78, 5) is 42.5. The molecular formula is C33H49N3O6S. The van der Waals surface area contributed by atoms with Crippen LogP contribution in [-0.4, -0.2) is 70.0 Å². The molecule has 0 bridgehead atoms. The SMILES string of the molecule is C#C[C@@]1(O)CCC2C3CCC4=C/C(=N/OCC(=O)NC(C(=O)NC(CCSC)C(=O)O)C(C)C)CC[C@]4(C)C3CC[C@@]21C. The van der Waals surface area contributed by atoms with Crippen LogP contribution >= 0.6 is 11.8 Å². The molecule has 238 valence electrons. The van der Waals surface area contributed by atoms with Crippen LogP contribution in [0.3, 0.4) is 0 Å². The van der Waals surface area contributed by atoms with Gasteiger partial charge in [-0.2, -0.15) is 11.8 Å². The highest BCUT2D eigenvalue weighted by molar-refractivity contribution is 7.98. The van der Waals surface area contributed by atoms with Crippen LogP contribution in [0.25, 0.3) is 0 Å². The molecule has 4 aliphatic carbocycles. The average Bonchev–Trinajstić information content (AvgIpc) is 3.24. The van der Waals surface area contributed by atoms with Crippen molar-refractivity contribution in [2.45, 2.75) is 103 Å². The van der Waals surface area contributed by atoms with Crippen molar-refractivity contribution in [3.05, 3.63) is 11.6 Å². The Labute approximate surface area is 260 Å². The molecule has 0 aromatic carbocycles. The van der Waals surface area contributed by atoms with Gasteiger partial charge in [-0.25, -0.2) is 4.79 Å². The molecule has 0 heterocycles. The minimum absolute atomic E-state index is 0.0823. The molecule has 43 heavy (non-hydrogen) atoms. The summed E-state index contributed by atoms with van der Waals surface area (Å²) in [6.45, 7) is 7.84. The van der Waals surface area contributed by atoms with Gasteiger partial charge in [-0.1, -0.05) is 44.3 Å². The van der Waals surface area contributed by atoms with E-state index in [9.17, 15) is 24.6 Å². The summed E-state index contributed by atoms with van der Waals surface area (Å²) in [6.07, 6.45) is 17.6. The lowest BCUT2D eigenvalue weighted by Crippen LogP contribution is -2.54. The second-order valence-electron chi connectivity index (χ2n) is 13.8. The van der Waals surface area contributed by atoms with Gasteiger partial charge in [0.1, 0.15) is 17.7 Å². The van der Waals surface area contributed by atoms with Crippen LogP contribution in [-0.2, 0) is 19.2 Å². The van der Waals surface area contributed by atoms with Crippen LogP contribution in [0.2, 0.25) is 0 Å². The number of carbonyl (C=O) groups is 3. The predicted octanol–water partition coefficient (Wildman–Crippen LogP) is 4.15. The molecule has 0 radical (unpaired) electrons. The Bertz CT molecular complexity index is 1200. The Morgan fingerprint density at radius 1 is 1.14 bits per heavy atom. The van der Waals surface area contributed by atoms with E-state index in [0.29, 0.717) is 36.3 Å². The van der Waals surface area contributed by atoms with Crippen LogP contribution in [0.1, 0.15) is 85.5 Å². The largest absolute Gasteiger partial charge is 0.480 e. The number of oxime groups is 1. The first-order chi connectivity index (χ1) is 20.3. The quantitative estimate of drug-likeness (QED) is 0.202. The number of rotatable bonds is 11. The van der Waals surface area contributed by atoms with E-state index in [0.717, 1.165) is 50.7 Å². The standard InChI is InChI=1S/C33H49N3O6S/c1-7-33(41)16-12-25-23-9-8-21-18-22(10-14-31(21,4)24(23)11-15-32(25,33)5)36-42-19-27(37)35-28(20(2)3)29(38)34-26(30(39)40)13-17-43-6/h1,18,20,23-26,28,41H,8-17,19H2,2-6H3,(H,34,38)(H,35,37)(H,39,40)/b36-22+/t23?,24?,25?,26?,28?,31-,32-,33+/m0/s1. The van der Waals surface area contributed by atoms with Crippen molar-refractivity contribution in [3.8, 4) is 12.3 Å². The molecule has 9 nitrogen and oxygen atoms in total. The van der Waals surface area contributed by atoms with E-state index in [1.165, 1.54) is 17.3 Å². The van der Waals surface area contributed by atoms with Crippen molar-refractivity contribution in [1.29, 1.82) is 0 Å². The minimum atomic E-state index is -1.10. The van der Waals surface area contributed by atoms with Crippen LogP contribution < -0.4 is 10.6 Å². The van der Waals surface area contributed by atoms with Crippen molar-refractivity contribution < 1.29 is 29.4 Å². The molecule has 0 aromatic rings. The number of hydrogen-bond acceptors (Lipinski definition) is 7. The zero-order valence-electron chi connectivity index (χ0n) is 26.3. The van der Waals surface area contributed by atoms with Gasteiger partial charge in [0.25, 0.3) is 5.91 Å². The van der Waals surface area contributed by atoms with Gasteiger partial charge in [0.2, 0.25) is 5.91 Å². The lowest BCUT2D eigenvalue weighted by molar-refractivity contribution is -0.142. The maximum absolute atomic E-state index is 12.8. The Balaban J connectivity index is 1.34. The number of amides is 2. The summed E-state index contributed by atoms with van der Waals surface area (Å²) in [5.74, 6) is 2.55. The van der Waals surface area contributed by atoms with Gasteiger partial charge in [-0.15, -0.1) is 6.42 Å². The maximum Gasteiger partial charge on any atom is 0.326 e. The molecule has 2 amide bonds. The van der Waals surface area contributed by atoms with Gasteiger partial charge in [-0.3, -0.25) is 9.59 Å². The van der Waals surface area contributed by atoms with Gasteiger partial charge in [0.15, 0.2) is 6.61 Å². The zero-order chi connectivity index (χ0) is 31.6. The first-order valence-corrected chi connectivity index (χ1v) is 17.1. The van der Waals surface area contributed by atoms with E-state index in [2.05, 4.69) is 41.6 Å². The maximum atomic E-state index is 12.8. The molecule has 0 aromatic heterocycles. The molecule has 4 N–H and O–H groups in total. The number of allylic oxidation sites excluding steroid dienone is 2. The molecule has 4 rings (SSSR count). The summed E-state index contributed by atoms with van der Waals surface area (Å²) < 4.78 is 0. The number of carboxylic acids is 1. The van der Waals surface area contributed by atoms with Crippen molar-refractivity contribution in [3.63, 3.8) is 0 Å². The molecular weight excluding hydrogens is 566 g/mol. The molecule has 0 saturated heterocycles. The fourth-order valence-corrected chi connectivity index (χ4v) is 9.05. The third-order valence-electron chi connectivity index (χ3n) is 11.2. The van der Waals surface area contributed by atoms with Crippen LogP contribution in [0.4, 0.5) is 0 Å². The number of carboxylic acid groups (broad SMARTS) is 1. The fraction of sp³-hybridized carbons (Fsp3) is 0.758. The summed E-state index contributed by atoms with van der Waals surface area (Å²) in [6, 6.07) is -1.90. The minimum Gasteiger partial charge on any atom is -0.480 e. The third-order valence-corrected chi connectivity index (χ3v) is 11.9. The molecule has 3 saturated carbocycles. The Kier molecular flexibility index (Phi) is 10.3. The summed E-state index contributed by atoms with van der Waals surface area (Å²) in [7, 11) is 0. The predicted molar refractivity (Wildman–Crippen MR) is 168 cm³/mol. The highest BCUT2D eigenvalue weighted by Gasteiger charge is 2.63. The monoisotopic (exact) mass is 615 g/mol. The van der Waals surface area contributed by atoms with Gasteiger partial charge < -0.3 is 25.7 Å². The van der Waals surface area contributed by atoms with Crippen molar-refractivity contribution >= 4 is 35.3 Å². The topological polar surface area (TPSA) is 137 Å². The van der Waals surface area contributed by atoms with E-state index in [1.54, 1.807) is 13.8 Å². The van der Waals surface area contributed by atoms with Crippen LogP contribution in [0, 0.1) is 46.8 Å². The first kappa shape index (κ1) is 33.4. The van der Waals surface area contributed by atoms with Crippen LogP contribution in [0.5, 0.6) is 0 Å². The molecule has 8 atom stereocenters. The lowest BCUT2D eigenvalue weighted by atomic mass is 9.46. The number of terminal acetylenes is 1. The van der Waals surface area contributed by atoms with E-state index in [4.69, 9.17) is 11.3 Å². The van der Waals surface area contributed by atoms with E-state index in [-0.39, 0.29) is 23.4 Å². The van der Waals surface area contributed by atoms with Crippen molar-refractivity contribution in [1.82, 2.24) is 10.6 Å². The number of thioether (sulfide) groups is 1. The van der Waals surface area contributed by atoms with Crippen molar-refractivity contribution in [2.24, 2.45) is 39.7 Å². The third kappa shape index (κ3) is 6.49. The molecule has 5 unspecified atom stereocenters. The van der Waals surface area contributed by atoms with Gasteiger partial charge in [0, 0.05) is 5.41 Å². The summed E-state index contributed by atoms with van der Waals surface area (Å²) >= 11 is 1.50. The average molecular weight is 616 g/mol. The van der Waals surface area contributed by atoms with Gasteiger partial charge in [0.05, 0.1) is 5.71 Å². The number of aliphatic carboxylic acids is 1. The second-order valence-corrected chi connectivity index (χ2v) is 14.8. The normalized spacial score (nSPS) is 35.4. The lowest BCUT2D eigenvalue weighted by Gasteiger charge is -2.58. The van der Waals surface area contributed by atoms with Gasteiger partial charge in [-0.05, 0) is 105 Å². The molecule has 0 aliphatic heterocycles. The summed E-state index contributed by atoms with van der Waals surface area (Å²) in [5.41, 5.74) is 1.09. The Hall–Kier alpha value is -2.51. The highest BCUT2D eigenvalue weighted by atomic mass is 32.2. The molecule has 3 fully saturated rings. The zero-order valence-corrected chi connectivity index (χ0v) is 27.1. The number of nitrogens with zero attached hydrogens (tertiary/aromatic N) is 1. The van der Waals surface area contributed by atoms with E-state index < -0.39 is 35.5 Å². The molecule has 4 aliphatic rings. The van der Waals surface area contributed by atoms with Crippen LogP contribution in [0.15, 0.2) is 16.8 Å².